The molecule has 0 bridgehead atoms. The number of hydrogen-bond donors (Lipinski definition) is 0. The number of thiazole rings is 1. The van der Waals surface area contributed by atoms with Crippen molar-refractivity contribution in [3.63, 3.8) is 0 Å². The normalized spacial score (nSPS) is 15.8. The molecule has 0 N–H and O–H groups in total. The first kappa shape index (κ1) is 25.3. The second kappa shape index (κ2) is 9.70. The van der Waals surface area contributed by atoms with Crippen LogP contribution >= 0.6 is 11.3 Å². The number of methoxy groups -OCH3 is 1. The van der Waals surface area contributed by atoms with E-state index in [9.17, 15) is 14.4 Å². The molecule has 2 aromatic carbocycles. The number of aromatic nitrogens is 1. The van der Waals surface area contributed by atoms with E-state index < -0.39 is 18.0 Å². The SMILES string of the molecule is COC(=O)C1=C(C)N=c2s/c(=C\c3ccccc3OC(C)=O)c(=O)n2[C@H]1c1ccc(C(C)(C)C)cc1. The molecule has 0 spiro atoms. The monoisotopic (exact) mass is 504 g/mol. The summed E-state index contributed by atoms with van der Waals surface area (Å²) in [5, 5.41) is 0. The fraction of sp³-hybridized carbons (Fsp3) is 0.286. The maximum Gasteiger partial charge on any atom is 0.338 e. The van der Waals surface area contributed by atoms with Crippen LogP contribution in [0.1, 0.15) is 57.4 Å². The Morgan fingerprint density at radius 2 is 1.75 bits per heavy atom. The Morgan fingerprint density at radius 1 is 1.08 bits per heavy atom. The molecular formula is C28H28N2O5S. The second-order valence-corrected chi connectivity index (χ2v) is 10.6. The number of benzene rings is 2. The first-order valence-corrected chi connectivity index (χ1v) is 12.3. The van der Waals surface area contributed by atoms with Crippen LogP contribution in [0.25, 0.3) is 6.08 Å². The van der Waals surface area contributed by atoms with Gasteiger partial charge in [0.2, 0.25) is 0 Å². The Bertz CT molecular complexity index is 1550. The first-order chi connectivity index (χ1) is 17.0. The minimum Gasteiger partial charge on any atom is -0.466 e. The lowest BCUT2D eigenvalue weighted by Crippen LogP contribution is -2.39. The number of para-hydroxylation sites is 1. The maximum atomic E-state index is 13.7. The molecule has 186 valence electrons. The number of rotatable bonds is 4. The van der Waals surface area contributed by atoms with Gasteiger partial charge in [0, 0.05) is 12.5 Å². The molecule has 0 amide bonds. The van der Waals surface area contributed by atoms with E-state index in [-0.39, 0.29) is 11.0 Å². The molecule has 2 heterocycles. The number of nitrogens with zero attached hydrogens (tertiary/aromatic N) is 2. The molecule has 0 fully saturated rings. The predicted molar refractivity (Wildman–Crippen MR) is 139 cm³/mol. The van der Waals surface area contributed by atoms with Crippen LogP contribution in [0.3, 0.4) is 0 Å². The van der Waals surface area contributed by atoms with Crippen molar-refractivity contribution in [2.45, 2.75) is 46.1 Å². The van der Waals surface area contributed by atoms with Crippen LogP contribution in [-0.4, -0.2) is 23.6 Å². The van der Waals surface area contributed by atoms with Crippen LogP contribution in [0.4, 0.5) is 0 Å². The highest BCUT2D eigenvalue weighted by atomic mass is 32.1. The van der Waals surface area contributed by atoms with E-state index in [0.717, 1.165) is 11.1 Å². The molecule has 1 aromatic heterocycles. The zero-order valence-corrected chi connectivity index (χ0v) is 21.9. The number of ether oxygens (including phenoxy) is 2. The molecular weight excluding hydrogens is 476 g/mol. The van der Waals surface area contributed by atoms with Gasteiger partial charge in [-0.2, -0.15) is 0 Å². The third-order valence-corrected chi connectivity index (χ3v) is 6.96. The van der Waals surface area contributed by atoms with Gasteiger partial charge in [-0.1, -0.05) is 74.6 Å². The van der Waals surface area contributed by atoms with Crippen molar-refractivity contribution in [1.82, 2.24) is 4.57 Å². The number of allylic oxidation sites excluding steroid dienone is 1. The standard InChI is InChI=1S/C28H28N2O5S/c1-16-23(26(33)34-6)24(18-11-13-20(14-12-18)28(3,4)5)30-25(32)22(36-27(30)29-16)15-19-9-7-8-10-21(19)35-17(2)31/h7-15,24H,1-6H3/b22-15-/t24-/m0/s1. The Morgan fingerprint density at radius 3 is 2.36 bits per heavy atom. The Balaban J connectivity index is 1.93. The third-order valence-electron chi connectivity index (χ3n) is 5.98. The van der Waals surface area contributed by atoms with Crippen molar-refractivity contribution >= 4 is 29.4 Å². The van der Waals surface area contributed by atoms with E-state index in [1.54, 1.807) is 37.3 Å². The van der Waals surface area contributed by atoms with E-state index in [2.05, 4.69) is 25.8 Å². The summed E-state index contributed by atoms with van der Waals surface area (Å²) in [4.78, 5) is 43.2. The maximum absolute atomic E-state index is 13.7. The average molecular weight is 505 g/mol. The lowest BCUT2D eigenvalue weighted by Gasteiger charge is -2.25. The number of esters is 2. The summed E-state index contributed by atoms with van der Waals surface area (Å²) in [6, 6.07) is 14.2. The quantitative estimate of drug-likeness (QED) is 0.400. The summed E-state index contributed by atoms with van der Waals surface area (Å²) in [7, 11) is 1.32. The van der Waals surface area contributed by atoms with Gasteiger partial charge in [-0.25, -0.2) is 9.79 Å². The molecule has 0 radical (unpaired) electrons. The van der Waals surface area contributed by atoms with Crippen LogP contribution < -0.4 is 19.6 Å². The average Bonchev–Trinajstić information content (AvgIpc) is 3.12. The van der Waals surface area contributed by atoms with Crippen molar-refractivity contribution in [2.75, 3.05) is 7.11 Å². The lowest BCUT2D eigenvalue weighted by atomic mass is 9.85. The van der Waals surface area contributed by atoms with E-state index in [1.807, 2.05) is 24.3 Å². The molecule has 0 aliphatic carbocycles. The molecule has 0 saturated heterocycles. The van der Waals surface area contributed by atoms with E-state index >= 15 is 0 Å². The van der Waals surface area contributed by atoms with E-state index in [1.165, 1.54) is 29.9 Å². The third kappa shape index (κ3) is 4.81. The Labute approximate surface area is 213 Å². The van der Waals surface area contributed by atoms with Gasteiger partial charge in [0.1, 0.15) is 5.75 Å². The number of carbonyl (C=O) groups is 2. The largest absolute Gasteiger partial charge is 0.466 e. The summed E-state index contributed by atoms with van der Waals surface area (Å²) in [5.74, 6) is -0.624. The lowest BCUT2D eigenvalue weighted by molar-refractivity contribution is -0.136. The fourth-order valence-corrected chi connectivity index (χ4v) is 5.20. The van der Waals surface area contributed by atoms with Crippen LogP contribution in [0.5, 0.6) is 5.75 Å². The van der Waals surface area contributed by atoms with Gasteiger partial charge in [-0.15, -0.1) is 0 Å². The topological polar surface area (TPSA) is 87.0 Å². The molecule has 0 saturated carbocycles. The smallest absolute Gasteiger partial charge is 0.338 e. The van der Waals surface area contributed by atoms with Crippen LogP contribution in [0.15, 0.2) is 69.6 Å². The van der Waals surface area contributed by atoms with E-state index in [0.29, 0.717) is 31.9 Å². The summed E-state index contributed by atoms with van der Waals surface area (Å²) >= 11 is 1.22. The molecule has 3 aromatic rings. The van der Waals surface area contributed by atoms with Gasteiger partial charge in [0.25, 0.3) is 5.56 Å². The van der Waals surface area contributed by atoms with Crippen molar-refractivity contribution in [2.24, 2.45) is 4.99 Å². The highest BCUT2D eigenvalue weighted by Crippen LogP contribution is 2.32. The predicted octanol–water partition coefficient (Wildman–Crippen LogP) is 3.63. The molecule has 1 aliphatic heterocycles. The Kier molecular flexibility index (Phi) is 6.82. The van der Waals surface area contributed by atoms with Gasteiger partial charge in [-0.3, -0.25) is 14.2 Å². The minimum absolute atomic E-state index is 0.0425. The first-order valence-electron chi connectivity index (χ1n) is 11.5. The molecule has 36 heavy (non-hydrogen) atoms. The molecule has 1 atom stereocenters. The van der Waals surface area contributed by atoms with Gasteiger partial charge >= 0.3 is 11.9 Å². The molecule has 8 heteroatoms. The van der Waals surface area contributed by atoms with Gasteiger partial charge in [0.05, 0.1) is 29.0 Å². The molecule has 7 nitrogen and oxygen atoms in total. The molecule has 4 rings (SSSR count). The van der Waals surface area contributed by atoms with Gasteiger partial charge < -0.3 is 9.47 Å². The highest BCUT2D eigenvalue weighted by Gasteiger charge is 2.33. The minimum atomic E-state index is -0.686. The summed E-state index contributed by atoms with van der Waals surface area (Å²) in [6.45, 7) is 9.45. The van der Waals surface area contributed by atoms with E-state index in [4.69, 9.17) is 9.47 Å². The van der Waals surface area contributed by atoms with Crippen molar-refractivity contribution in [1.29, 1.82) is 0 Å². The van der Waals surface area contributed by atoms with Crippen LogP contribution in [0, 0.1) is 0 Å². The Hall–Kier alpha value is -3.78. The number of fused-ring (bicyclic) bond motifs is 1. The number of carbonyl (C=O) groups excluding carboxylic acids is 2. The fourth-order valence-electron chi connectivity index (χ4n) is 4.16. The summed E-state index contributed by atoms with van der Waals surface area (Å²) in [5.41, 5.74) is 2.99. The number of hydrogen-bond acceptors (Lipinski definition) is 7. The molecule has 0 unspecified atom stereocenters. The van der Waals surface area contributed by atoms with Crippen LogP contribution in [-0.2, 0) is 19.7 Å². The molecule has 1 aliphatic rings. The van der Waals surface area contributed by atoms with Crippen LogP contribution in [0.2, 0.25) is 0 Å². The van der Waals surface area contributed by atoms with Gasteiger partial charge in [0.15, 0.2) is 4.80 Å². The van der Waals surface area contributed by atoms with Crippen molar-refractivity contribution in [3.8, 4) is 5.75 Å². The van der Waals surface area contributed by atoms with Gasteiger partial charge in [-0.05, 0) is 35.6 Å². The second-order valence-electron chi connectivity index (χ2n) is 9.58. The van der Waals surface area contributed by atoms with Crippen molar-refractivity contribution < 1.29 is 19.1 Å². The zero-order valence-electron chi connectivity index (χ0n) is 21.1. The van der Waals surface area contributed by atoms with Crippen molar-refractivity contribution in [3.05, 3.63) is 96.2 Å². The summed E-state index contributed by atoms with van der Waals surface area (Å²) < 4.78 is 12.3. The highest BCUT2D eigenvalue weighted by molar-refractivity contribution is 7.07. The summed E-state index contributed by atoms with van der Waals surface area (Å²) in [6.07, 6.45) is 1.68. The zero-order chi connectivity index (χ0) is 26.2.